The Bertz CT molecular complexity index is 437. The van der Waals surface area contributed by atoms with Crippen LogP contribution in [0.15, 0.2) is 15.2 Å². The molecule has 6 heteroatoms. The van der Waals surface area contributed by atoms with Gasteiger partial charge in [-0.3, -0.25) is 0 Å². The van der Waals surface area contributed by atoms with Gasteiger partial charge in [-0.25, -0.2) is 4.98 Å². The van der Waals surface area contributed by atoms with E-state index in [1.807, 2.05) is 11.4 Å². The molecule has 2 heterocycles. The minimum atomic E-state index is 0.561. The molecule has 0 atom stereocenters. The normalized spacial score (nSPS) is 10.6. The van der Waals surface area contributed by atoms with Gasteiger partial charge < -0.3 is 5.73 Å². The molecule has 0 unspecified atom stereocenters. The van der Waals surface area contributed by atoms with E-state index < -0.39 is 0 Å². The van der Waals surface area contributed by atoms with Crippen LogP contribution in [-0.4, -0.2) is 4.98 Å². The second-order valence-electron chi connectivity index (χ2n) is 2.30. The summed E-state index contributed by atoms with van der Waals surface area (Å²) < 4.78 is 0.948. The summed E-state index contributed by atoms with van der Waals surface area (Å²) in [5.41, 5.74) is 6.45. The number of thiazole rings is 1. The molecule has 0 saturated carbocycles. The molecule has 2 N–H and O–H groups in total. The van der Waals surface area contributed by atoms with Crippen molar-refractivity contribution in [2.45, 2.75) is 0 Å². The highest BCUT2D eigenvalue weighted by Gasteiger charge is 2.10. The predicted octanol–water partition coefficient (Wildman–Crippen LogP) is 3.87. The third-order valence-electron chi connectivity index (χ3n) is 1.40. The molecule has 13 heavy (non-hydrogen) atoms. The smallest absolute Gasteiger partial charge is 0.181 e. The monoisotopic (exact) mass is 294 g/mol. The van der Waals surface area contributed by atoms with E-state index in [2.05, 4.69) is 20.9 Å². The minimum absolute atomic E-state index is 0.561. The molecule has 0 amide bonds. The zero-order valence-electron chi connectivity index (χ0n) is 6.25. The average Bonchev–Trinajstić information content (AvgIpc) is 2.58. The van der Waals surface area contributed by atoms with Crippen molar-refractivity contribution in [1.82, 2.24) is 4.98 Å². The summed E-state index contributed by atoms with van der Waals surface area (Å²) in [5.74, 6) is 0. The van der Waals surface area contributed by atoms with Crippen molar-refractivity contribution < 1.29 is 0 Å². The summed E-state index contributed by atoms with van der Waals surface area (Å²) >= 11 is 12.2. The fraction of sp³-hybridized carbons (Fsp3) is 0. The zero-order chi connectivity index (χ0) is 9.42. The van der Waals surface area contributed by atoms with Crippen molar-refractivity contribution in [3.8, 4) is 10.6 Å². The molecule has 0 radical (unpaired) electrons. The number of aromatic nitrogens is 1. The van der Waals surface area contributed by atoms with Crippen LogP contribution in [0.25, 0.3) is 10.6 Å². The number of hydrogen-bond donors (Lipinski definition) is 1. The van der Waals surface area contributed by atoms with Gasteiger partial charge in [0, 0.05) is 5.38 Å². The second-order valence-corrected chi connectivity index (χ2v) is 6.00. The van der Waals surface area contributed by atoms with Gasteiger partial charge in [0.25, 0.3) is 0 Å². The number of thiophene rings is 1. The molecule has 0 aliphatic heterocycles. The molecule has 2 nitrogen and oxygen atoms in total. The first-order valence-corrected chi connectivity index (χ1v) is 6.20. The topological polar surface area (TPSA) is 38.9 Å². The van der Waals surface area contributed by atoms with Crippen LogP contribution >= 0.6 is 50.2 Å². The molecule has 0 spiro atoms. The van der Waals surface area contributed by atoms with Gasteiger partial charge in [-0.05, 0) is 22.0 Å². The van der Waals surface area contributed by atoms with Crippen molar-refractivity contribution in [2.24, 2.45) is 0 Å². The SMILES string of the molecule is Nc1nc(-c2cc(Cl)cs2)c(Br)s1. The average molecular weight is 296 g/mol. The largest absolute Gasteiger partial charge is 0.375 e. The van der Waals surface area contributed by atoms with Gasteiger partial charge in [-0.2, -0.15) is 0 Å². The van der Waals surface area contributed by atoms with Crippen LogP contribution < -0.4 is 5.73 Å². The van der Waals surface area contributed by atoms with Crippen LogP contribution in [0.4, 0.5) is 5.13 Å². The first kappa shape index (κ1) is 9.45. The third-order valence-corrected chi connectivity index (χ3v) is 4.22. The molecule has 0 aromatic carbocycles. The van der Waals surface area contributed by atoms with Gasteiger partial charge >= 0.3 is 0 Å². The Morgan fingerprint density at radius 2 is 2.31 bits per heavy atom. The van der Waals surface area contributed by atoms with Gasteiger partial charge in [0.15, 0.2) is 5.13 Å². The maximum Gasteiger partial charge on any atom is 0.181 e. The predicted molar refractivity (Wildman–Crippen MR) is 62.5 cm³/mol. The van der Waals surface area contributed by atoms with E-state index in [-0.39, 0.29) is 0 Å². The Kier molecular flexibility index (Phi) is 2.60. The van der Waals surface area contributed by atoms with Crippen LogP contribution in [0.3, 0.4) is 0 Å². The van der Waals surface area contributed by atoms with Crippen molar-refractivity contribution in [3.05, 3.63) is 20.3 Å². The molecule has 2 aromatic rings. The molecule has 2 aromatic heterocycles. The minimum Gasteiger partial charge on any atom is -0.375 e. The Morgan fingerprint density at radius 1 is 1.54 bits per heavy atom. The Hall–Kier alpha value is -0.100. The summed E-state index contributed by atoms with van der Waals surface area (Å²) in [7, 11) is 0. The van der Waals surface area contributed by atoms with E-state index in [0.29, 0.717) is 5.13 Å². The van der Waals surface area contributed by atoms with E-state index >= 15 is 0 Å². The zero-order valence-corrected chi connectivity index (χ0v) is 10.2. The molecule has 0 bridgehead atoms. The van der Waals surface area contributed by atoms with Crippen LogP contribution in [0.2, 0.25) is 5.02 Å². The highest BCUT2D eigenvalue weighted by atomic mass is 79.9. The van der Waals surface area contributed by atoms with Crippen molar-refractivity contribution in [2.75, 3.05) is 5.73 Å². The Labute approximate surface area is 96.5 Å². The summed E-state index contributed by atoms with van der Waals surface area (Å²) in [5, 5.41) is 3.17. The third kappa shape index (κ3) is 1.88. The molecular weight excluding hydrogens is 292 g/mol. The van der Waals surface area contributed by atoms with Crippen molar-refractivity contribution in [1.29, 1.82) is 0 Å². The maximum atomic E-state index is 5.81. The quantitative estimate of drug-likeness (QED) is 0.867. The maximum absolute atomic E-state index is 5.81. The van der Waals surface area contributed by atoms with E-state index in [0.717, 1.165) is 19.4 Å². The summed E-state index contributed by atoms with van der Waals surface area (Å²) in [6.45, 7) is 0. The molecule has 2 rings (SSSR count). The summed E-state index contributed by atoms with van der Waals surface area (Å²) in [6, 6.07) is 1.88. The summed E-state index contributed by atoms with van der Waals surface area (Å²) in [6.07, 6.45) is 0. The first-order chi connectivity index (χ1) is 6.16. The van der Waals surface area contributed by atoms with Gasteiger partial charge in [-0.1, -0.05) is 22.9 Å². The van der Waals surface area contributed by atoms with Gasteiger partial charge in [0.2, 0.25) is 0 Å². The van der Waals surface area contributed by atoms with Crippen LogP contribution in [0.5, 0.6) is 0 Å². The lowest BCUT2D eigenvalue weighted by atomic mass is 10.4. The highest BCUT2D eigenvalue weighted by molar-refractivity contribution is 9.11. The highest BCUT2D eigenvalue weighted by Crippen LogP contribution is 2.37. The fourth-order valence-electron chi connectivity index (χ4n) is 0.906. The van der Waals surface area contributed by atoms with E-state index in [1.165, 1.54) is 11.3 Å². The first-order valence-electron chi connectivity index (χ1n) is 3.33. The van der Waals surface area contributed by atoms with Crippen molar-refractivity contribution >= 4 is 55.3 Å². The number of halogens is 2. The standard InChI is InChI=1S/C7H4BrClN2S2/c8-6-5(11-7(10)13-6)4-1-3(9)2-12-4/h1-2H,(H2,10,11). The van der Waals surface area contributed by atoms with Crippen molar-refractivity contribution in [3.63, 3.8) is 0 Å². The van der Waals surface area contributed by atoms with Crippen LogP contribution in [-0.2, 0) is 0 Å². The second kappa shape index (κ2) is 3.57. The number of nitrogens with zero attached hydrogens (tertiary/aromatic N) is 1. The van der Waals surface area contributed by atoms with E-state index in [9.17, 15) is 0 Å². The molecule has 0 aliphatic rings. The lowest BCUT2D eigenvalue weighted by Gasteiger charge is -1.88. The molecule has 0 fully saturated rings. The molecule has 68 valence electrons. The number of rotatable bonds is 1. The van der Waals surface area contributed by atoms with E-state index in [4.69, 9.17) is 17.3 Å². The van der Waals surface area contributed by atoms with Gasteiger partial charge in [-0.15, -0.1) is 11.3 Å². The van der Waals surface area contributed by atoms with E-state index in [1.54, 1.807) is 11.3 Å². The fourth-order valence-corrected chi connectivity index (χ4v) is 3.54. The Morgan fingerprint density at radius 3 is 2.77 bits per heavy atom. The van der Waals surface area contributed by atoms with Gasteiger partial charge in [0.1, 0.15) is 9.48 Å². The van der Waals surface area contributed by atoms with Gasteiger partial charge in [0.05, 0.1) is 9.90 Å². The molecule has 0 aliphatic carbocycles. The van der Waals surface area contributed by atoms with Crippen LogP contribution in [0, 0.1) is 0 Å². The van der Waals surface area contributed by atoms with Crippen LogP contribution in [0.1, 0.15) is 0 Å². The lowest BCUT2D eigenvalue weighted by molar-refractivity contribution is 1.42. The lowest BCUT2D eigenvalue weighted by Crippen LogP contribution is -1.80. The Balaban J connectivity index is 2.51. The number of nitrogen functional groups attached to an aromatic ring is 1. The number of anilines is 1. The summed E-state index contributed by atoms with van der Waals surface area (Å²) in [4.78, 5) is 5.23. The molecular formula is C7H4BrClN2S2. The number of hydrogen-bond acceptors (Lipinski definition) is 4. The number of nitrogens with two attached hydrogens (primary N) is 1. The molecule has 0 saturated heterocycles.